The minimum atomic E-state index is 0.308. The molecule has 2 aliphatic rings. The SMILES string of the molecule is O=C1CCCNN1C1CCCCCC1. The number of nitrogens with one attached hydrogen (secondary N) is 1. The first-order valence-electron chi connectivity index (χ1n) is 5.93. The van der Waals surface area contributed by atoms with E-state index in [1.807, 2.05) is 5.01 Å². The molecule has 0 bridgehead atoms. The molecular formula is C11H20N2O. The Hall–Kier alpha value is -0.570. The first-order valence-corrected chi connectivity index (χ1v) is 5.93. The first kappa shape index (κ1) is 9.97. The molecule has 0 aromatic heterocycles. The Labute approximate surface area is 85.8 Å². The maximum Gasteiger partial charge on any atom is 0.236 e. The van der Waals surface area contributed by atoms with E-state index in [1.54, 1.807) is 0 Å². The summed E-state index contributed by atoms with van der Waals surface area (Å²) in [5.41, 5.74) is 3.25. The van der Waals surface area contributed by atoms with Crippen molar-refractivity contribution in [3.05, 3.63) is 0 Å². The molecule has 1 saturated heterocycles. The summed E-state index contributed by atoms with van der Waals surface area (Å²) in [5.74, 6) is 0.308. The lowest BCUT2D eigenvalue weighted by molar-refractivity contribution is -0.140. The van der Waals surface area contributed by atoms with Crippen LogP contribution in [-0.2, 0) is 4.79 Å². The molecule has 1 saturated carbocycles. The number of hydrazine groups is 1. The number of rotatable bonds is 1. The van der Waals surface area contributed by atoms with Crippen LogP contribution in [0.5, 0.6) is 0 Å². The second-order valence-electron chi connectivity index (χ2n) is 4.42. The van der Waals surface area contributed by atoms with E-state index in [0.29, 0.717) is 11.9 Å². The lowest BCUT2D eigenvalue weighted by Gasteiger charge is -2.34. The summed E-state index contributed by atoms with van der Waals surface area (Å²) >= 11 is 0. The number of carbonyl (C=O) groups excluding carboxylic acids is 1. The van der Waals surface area contributed by atoms with Crippen LogP contribution < -0.4 is 5.43 Å². The zero-order chi connectivity index (χ0) is 9.80. The molecule has 1 amide bonds. The van der Waals surface area contributed by atoms with Crippen LogP contribution >= 0.6 is 0 Å². The molecule has 3 heteroatoms. The van der Waals surface area contributed by atoms with Crippen molar-refractivity contribution >= 4 is 5.91 Å². The molecule has 1 N–H and O–H groups in total. The van der Waals surface area contributed by atoms with Gasteiger partial charge in [0.1, 0.15) is 0 Å². The van der Waals surface area contributed by atoms with Gasteiger partial charge in [0.05, 0.1) is 0 Å². The Bertz CT molecular complexity index is 197. The third-order valence-electron chi connectivity index (χ3n) is 3.31. The van der Waals surface area contributed by atoms with Crippen LogP contribution in [0.25, 0.3) is 0 Å². The fourth-order valence-electron chi connectivity index (χ4n) is 2.50. The molecule has 0 aromatic rings. The molecule has 0 atom stereocenters. The van der Waals surface area contributed by atoms with Crippen molar-refractivity contribution in [1.82, 2.24) is 10.4 Å². The lowest BCUT2D eigenvalue weighted by atomic mass is 10.1. The van der Waals surface area contributed by atoms with Crippen molar-refractivity contribution < 1.29 is 4.79 Å². The van der Waals surface area contributed by atoms with Crippen LogP contribution in [0, 0.1) is 0 Å². The Balaban J connectivity index is 1.93. The van der Waals surface area contributed by atoms with E-state index in [1.165, 1.54) is 38.5 Å². The number of amides is 1. The van der Waals surface area contributed by atoms with Crippen molar-refractivity contribution in [1.29, 1.82) is 0 Å². The highest BCUT2D eigenvalue weighted by molar-refractivity contribution is 5.76. The standard InChI is InChI=1S/C11H20N2O/c14-11-8-5-9-12-13(11)10-6-3-1-2-4-7-10/h10,12H,1-9H2. The van der Waals surface area contributed by atoms with Gasteiger partial charge in [-0.05, 0) is 19.3 Å². The zero-order valence-corrected chi connectivity index (χ0v) is 8.80. The van der Waals surface area contributed by atoms with Gasteiger partial charge >= 0.3 is 0 Å². The molecule has 1 heterocycles. The lowest BCUT2D eigenvalue weighted by Crippen LogP contribution is -2.52. The van der Waals surface area contributed by atoms with Gasteiger partial charge in [-0.15, -0.1) is 0 Å². The Morgan fingerprint density at radius 1 is 1.07 bits per heavy atom. The van der Waals surface area contributed by atoms with Crippen LogP contribution in [0.1, 0.15) is 51.4 Å². The molecular weight excluding hydrogens is 176 g/mol. The molecule has 0 radical (unpaired) electrons. The predicted octanol–water partition coefficient (Wildman–Crippen LogP) is 1.84. The van der Waals surface area contributed by atoms with Gasteiger partial charge < -0.3 is 0 Å². The van der Waals surface area contributed by atoms with Crippen LogP contribution in [-0.4, -0.2) is 23.5 Å². The molecule has 80 valence electrons. The topological polar surface area (TPSA) is 32.3 Å². The molecule has 14 heavy (non-hydrogen) atoms. The third-order valence-corrected chi connectivity index (χ3v) is 3.31. The van der Waals surface area contributed by atoms with Crippen LogP contribution in [0.2, 0.25) is 0 Å². The average molecular weight is 196 g/mol. The summed E-state index contributed by atoms with van der Waals surface area (Å²) in [7, 11) is 0. The zero-order valence-electron chi connectivity index (χ0n) is 8.80. The van der Waals surface area contributed by atoms with Gasteiger partial charge in [0.25, 0.3) is 0 Å². The Morgan fingerprint density at radius 3 is 2.43 bits per heavy atom. The predicted molar refractivity (Wildman–Crippen MR) is 55.6 cm³/mol. The fourth-order valence-corrected chi connectivity index (χ4v) is 2.50. The monoisotopic (exact) mass is 196 g/mol. The number of carbonyl (C=O) groups is 1. The quantitative estimate of drug-likeness (QED) is 0.649. The number of hydrogen-bond donors (Lipinski definition) is 1. The molecule has 2 fully saturated rings. The Kier molecular flexibility index (Phi) is 3.40. The van der Waals surface area contributed by atoms with Gasteiger partial charge in [-0.25, -0.2) is 5.43 Å². The summed E-state index contributed by atoms with van der Waals surface area (Å²) in [4.78, 5) is 11.7. The molecule has 0 unspecified atom stereocenters. The van der Waals surface area contributed by atoms with Crippen molar-refractivity contribution in [2.75, 3.05) is 6.54 Å². The molecule has 1 aliphatic carbocycles. The summed E-state index contributed by atoms with van der Waals surface area (Å²) < 4.78 is 0. The smallest absolute Gasteiger partial charge is 0.236 e. The number of hydrogen-bond acceptors (Lipinski definition) is 2. The normalized spacial score (nSPS) is 26.3. The van der Waals surface area contributed by atoms with Crippen LogP contribution in [0.4, 0.5) is 0 Å². The molecule has 0 spiro atoms. The van der Waals surface area contributed by atoms with Gasteiger partial charge in [0, 0.05) is 19.0 Å². The van der Waals surface area contributed by atoms with Crippen molar-refractivity contribution in [2.24, 2.45) is 0 Å². The summed E-state index contributed by atoms with van der Waals surface area (Å²) in [5, 5.41) is 1.93. The summed E-state index contributed by atoms with van der Waals surface area (Å²) in [6.07, 6.45) is 9.40. The van der Waals surface area contributed by atoms with Gasteiger partial charge in [0.15, 0.2) is 0 Å². The second kappa shape index (κ2) is 4.78. The van der Waals surface area contributed by atoms with Gasteiger partial charge in [-0.2, -0.15) is 0 Å². The highest BCUT2D eigenvalue weighted by Crippen LogP contribution is 2.22. The highest BCUT2D eigenvalue weighted by atomic mass is 16.2. The van der Waals surface area contributed by atoms with Crippen molar-refractivity contribution in [2.45, 2.75) is 57.4 Å². The van der Waals surface area contributed by atoms with E-state index in [9.17, 15) is 4.79 Å². The minimum Gasteiger partial charge on any atom is -0.275 e. The third kappa shape index (κ3) is 2.27. The Morgan fingerprint density at radius 2 is 1.79 bits per heavy atom. The van der Waals surface area contributed by atoms with Gasteiger partial charge in [0.2, 0.25) is 5.91 Å². The van der Waals surface area contributed by atoms with E-state index in [0.717, 1.165) is 19.4 Å². The first-order chi connectivity index (χ1) is 6.88. The van der Waals surface area contributed by atoms with Crippen molar-refractivity contribution in [3.63, 3.8) is 0 Å². The summed E-state index contributed by atoms with van der Waals surface area (Å²) in [6.45, 7) is 0.974. The summed E-state index contributed by atoms with van der Waals surface area (Å²) in [6, 6.07) is 0.477. The maximum atomic E-state index is 11.7. The minimum absolute atomic E-state index is 0.308. The fraction of sp³-hybridized carbons (Fsp3) is 0.909. The van der Waals surface area contributed by atoms with E-state index >= 15 is 0 Å². The molecule has 0 aromatic carbocycles. The number of nitrogens with zero attached hydrogens (tertiary/aromatic N) is 1. The van der Waals surface area contributed by atoms with Gasteiger partial charge in [-0.1, -0.05) is 25.7 Å². The average Bonchev–Trinajstić information content (AvgIpc) is 2.47. The van der Waals surface area contributed by atoms with E-state index < -0.39 is 0 Å². The second-order valence-corrected chi connectivity index (χ2v) is 4.42. The van der Waals surface area contributed by atoms with E-state index in [2.05, 4.69) is 5.43 Å². The molecule has 1 aliphatic heterocycles. The van der Waals surface area contributed by atoms with Gasteiger partial charge in [-0.3, -0.25) is 9.80 Å². The van der Waals surface area contributed by atoms with Crippen molar-refractivity contribution in [3.8, 4) is 0 Å². The van der Waals surface area contributed by atoms with E-state index in [4.69, 9.17) is 0 Å². The molecule has 3 nitrogen and oxygen atoms in total. The highest BCUT2D eigenvalue weighted by Gasteiger charge is 2.26. The molecule has 2 rings (SSSR count). The van der Waals surface area contributed by atoms with E-state index in [-0.39, 0.29) is 0 Å². The largest absolute Gasteiger partial charge is 0.275 e. The maximum absolute atomic E-state index is 11.7. The van der Waals surface area contributed by atoms with Crippen LogP contribution in [0.15, 0.2) is 0 Å². The van der Waals surface area contributed by atoms with Crippen LogP contribution in [0.3, 0.4) is 0 Å².